The van der Waals surface area contributed by atoms with Crippen LogP contribution in [0, 0.1) is 5.92 Å². The van der Waals surface area contributed by atoms with Crippen LogP contribution < -0.4 is 5.73 Å². The van der Waals surface area contributed by atoms with E-state index in [1.807, 2.05) is 11.8 Å². The smallest absolute Gasteiger partial charge is 0.0107 e. The van der Waals surface area contributed by atoms with Gasteiger partial charge in [0.1, 0.15) is 0 Å². The molecule has 0 aliphatic carbocycles. The summed E-state index contributed by atoms with van der Waals surface area (Å²) in [7, 11) is 0. The van der Waals surface area contributed by atoms with E-state index in [1.54, 1.807) is 0 Å². The molecule has 70 valence electrons. The molecular formula is C11H15NS. The van der Waals surface area contributed by atoms with Crippen molar-refractivity contribution in [1.82, 2.24) is 0 Å². The van der Waals surface area contributed by atoms with Crippen molar-refractivity contribution in [2.45, 2.75) is 17.7 Å². The van der Waals surface area contributed by atoms with Crippen LogP contribution in [0.15, 0.2) is 29.2 Å². The lowest BCUT2D eigenvalue weighted by atomic mass is 9.89. The molecule has 2 rings (SSSR count). The summed E-state index contributed by atoms with van der Waals surface area (Å²) in [6.07, 6.45) is 0. The summed E-state index contributed by atoms with van der Waals surface area (Å²) in [6, 6.07) is 8.69. The number of thioether (sulfide) groups is 1. The van der Waals surface area contributed by atoms with E-state index in [1.165, 1.54) is 16.2 Å². The van der Waals surface area contributed by atoms with Crippen LogP contribution in [0.3, 0.4) is 0 Å². The summed E-state index contributed by atoms with van der Waals surface area (Å²) in [6.45, 7) is 3.03. The average molecular weight is 193 g/mol. The van der Waals surface area contributed by atoms with Gasteiger partial charge in [-0.05, 0) is 30.0 Å². The molecule has 1 aromatic carbocycles. The Morgan fingerprint density at radius 3 is 3.08 bits per heavy atom. The molecule has 0 aromatic heterocycles. The maximum atomic E-state index is 5.70. The van der Waals surface area contributed by atoms with Gasteiger partial charge in [-0.25, -0.2) is 0 Å². The van der Waals surface area contributed by atoms with Crippen LogP contribution in [0.25, 0.3) is 0 Å². The fraction of sp³-hybridized carbons (Fsp3) is 0.455. The van der Waals surface area contributed by atoms with E-state index in [9.17, 15) is 0 Å². The first-order chi connectivity index (χ1) is 6.33. The Kier molecular flexibility index (Phi) is 2.61. The topological polar surface area (TPSA) is 26.0 Å². The summed E-state index contributed by atoms with van der Waals surface area (Å²) in [5, 5.41) is 0. The van der Waals surface area contributed by atoms with E-state index in [0.29, 0.717) is 11.8 Å². The lowest BCUT2D eigenvalue weighted by Gasteiger charge is -2.17. The van der Waals surface area contributed by atoms with Gasteiger partial charge in [-0.15, -0.1) is 11.8 Å². The van der Waals surface area contributed by atoms with Crippen molar-refractivity contribution in [2.24, 2.45) is 11.7 Å². The fourth-order valence-electron chi connectivity index (χ4n) is 1.82. The van der Waals surface area contributed by atoms with Crippen molar-refractivity contribution in [1.29, 1.82) is 0 Å². The molecule has 2 atom stereocenters. The Hall–Kier alpha value is -0.470. The molecule has 0 fully saturated rings. The quantitative estimate of drug-likeness (QED) is 0.781. The summed E-state index contributed by atoms with van der Waals surface area (Å²) < 4.78 is 0. The molecule has 2 heteroatoms. The zero-order valence-corrected chi connectivity index (χ0v) is 8.68. The van der Waals surface area contributed by atoms with Crippen molar-refractivity contribution in [3.8, 4) is 0 Å². The maximum absolute atomic E-state index is 5.70. The Morgan fingerprint density at radius 1 is 1.54 bits per heavy atom. The largest absolute Gasteiger partial charge is 0.330 e. The minimum absolute atomic E-state index is 0.608. The molecule has 1 nitrogen and oxygen atoms in total. The van der Waals surface area contributed by atoms with Crippen LogP contribution in [0.2, 0.25) is 0 Å². The third kappa shape index (κ3) is 1.61. The first-order valence-electron chi connectivity index (χ1n) is 4.74. The number of nitrogens with two attached hydrogens (primary N) is 1. The van der Waals surface area contributed by atoms with Crippen LogP contribution in [0.5, 0.6) is 0 Å². The van der Waals surface area contributed by atoms with Gasteiger partial charge in [0.05, 0.1) is 0 Å². The van der Waals surface area contributed by atoms with Gasteiger partial charge >= 0.3 is 0 Å². The van der Waals surface area contributed by atoms with E-state index in [2.05, 4.69) is 31.2 Å². The fourth-order valence-corrected chi connectivity index (χ4v) is 3.25. The van der Waals surface area contributed by atoms with Gasteiger partial charge in [-0.1, -0.05) is 25.1 Å². The monoisotopic (exact) mass is 193 g/mol. The third-order valence-electron chi connectivity index (χ3n) is 2.80. The number of fused-ring (bicyclic) bond motifs is 1. The number of hydrogen-bond donors (Lipinski definition) is 1. The molecule has 1 aromatic rings. The number of rotatable bonds is 2. The lowest BCUT2D eigenvalue weighted by Crippen LogP contribution is -2.18. The van der Waals surface area contributed by atoms with Crippen LogP contribution >= 0.6 is 11.8 Å². The Morgan fingerprint density at radius 2 is 2.31 bits per heavy atom. The first kappa shape index (κ1) is 9.10. The molecule has 1 aliphatic rings. The Labute approximate surface area is 83.7 Å². The zero-order valence-electron chi connectivity index (χ0n) is 7.86. The molecule has 2 N–H and O–H groups in total. The van der Waals surface area contributed by atoms with Crippen LogP contribution in [0.4, 0.5) is 0 Å². The average Bonchev–Trinajstić information content (AvgIpc) is 2.60. The highest BCUT2D eigenvalue weighted by molar-refractivity contribution is 7.99. The summed E-state index contributed by atoms with van der Waals surface area (Å²) in [5.74, 6) is 2.49. The molecule has 1 heterocycles. The molecule has 1 aliphatic heterocycles. The molecule has 0 saturated carbocycles. The van der Waals surface area contributed by atoms with Crippen molar-refractivity contribution in [2.75, 3.05) is 12.3 Å². The Bertz CT molecular complexity index is 298. The standard InChI is InChI=1S/C11H15NS/c1-8(6-12)10-7-13-11-5-3-2-4-9(10)11/h2-5,8,10H,6-7,12H2,1H3. The number of hydrogen-bond acceptors (Lipinski definition) is 2. The van der Waals surface area contributed by atoms with Gasteiger partial charge in [-0.3, -0.25) is 0 Å². The predicted molar refractivity (Wildman–Crippen MR) is 58.1 cm³/mol. The molecule has 13 heavy (non-hydrogen) atoms. The SMILES string of the molecule is CC(CN)C1CSc2ccccc21. The van der Waals surface area contributed by atoms with Gasteiger partial charge in [0.25, 0.3) is 0 Å². The highest BCUT2D eigenvalue weighted by atomic mass is 32.2. The van der Waals surface area contributed by atoms with Gasteiger partial charge in [0.2, 0.25) is 0 Å². The predicted octanol–water partition coefficient (Wildman–Crippen LogP) is 2.47. The minimum atomic E-state index is 0.608. The number of benzene rings is 1. The molecular weight excluding hydrogens is 178 g/mol. The van der Waals surface area contributed by atoms with Gasteiger partial charge < -0.3 is 5.73 Å². The second-order valence-electron chi connectivity index (χ2n) is 3.67. The third-order valence-corrected chi connectivity index (χ3v) is 4.00. The molecule has 0 bridgehead atoms. The molecule has 0 spiro atoms. The zero-order chi connectivity index (χ0) is 9.26. The van der Waals surface area contributed by atoms with Crippen molar-refractivity contribution >= 4 is 11.8 Å². The molecule has 0 saturated heterocycles. The maximum Gasteiger partial charge on any atom is 0.0107 e. The first-order valence-corrected chi connectivity index (χ1v) is 5.73. The second kappa shape index (κ2) is 3.72. The van der Waals surface area contributed by atoms with E-state index < -0.39 is 0 Å². The molecule has 0 radical (unpaired) electrons. The van der Waals surface area contributed by atoms with E-state index in [0.717, 1.165) is 6.54 Å². The van der Waals surface area contributed by atoms with Crippen molar-refractivity contribution in [3.63, 3.8) is 0 Å². The normalized spacial score (nSPS) is 22.8. The highest BCUT2D eigenvalue weighted by Crippen LogP contribution is 2.42. The highest BCUT2D eigenvalue weighted by Gasteiger charge is 2.26. The van der Waals surface area contributed by atoms with Crippen LogP contribution in [0.1, 0.15) is 18.4 Å². The van der Waals surface area contributed by atoms with Gasteiger partial charge in [-0.2, -0.15) is 0 Å². The minimum Gasteiger partial charge on any atom is -0.330 e. The van der Waals surface area contributed by atoms with E-state index >= 15 is 0 Å². The summed E-state index contributed by atoms with van der Waals surface area (Å²) in [5.41, 5.74) is 7.20. The lowest BCUT2D eigenvalue weighted by molar-refractivity contribution is 0.506. The van der Waals surface area contributed by atoms with Crippen molar-refractivity contribution in [3.05, 3.63) is 29.8 Å². The summed E-state index contributed by atoms with van der Waals surface area (Å²) in [4.78, 5) is 1.45. The van der Waals surface area contributed by atoms with Crippen LogP contribution in [-0.2, 0) is 0 Å². The summed E-state index contributed by atoms with van der Waals surface area (Å²) >= 11 is 1.96. The van der Waals surface area contributed by atoms with Crippen molar-refractivity contribution < 1.29 is 0 Å². The molecule has 0 amide bonds. The van der Waals surface area contributed by atoms with E-state index in [4.69, 9.17) is 5.73 Å². The second-order valence-corrected chi connectivity index (χ2v) is 4.73. The van der Waals surface area contributed by atoms with Gasteiger partial charge in [0, 0.05) is 10.6 Å². The van der Waals surface area contributed by atoms with Crippen LogP contribution in [-0.4, -0.2) is 12.3 Å². The molecule has 2 unspecified atom stereocenters. The van der Waals surface area contributed by atoms with Gasteiger partial charge in [0.15, 0.2) is 0 Å². The Balaban J connectivity index is 2.28. The van der Waals surface area contributed by atoms with E-state index in [-0.39, 0.29) is 0 Å².